The van der Waals surface area contributed by atoms with Crippen molar-refractivity contribution < 1.29 is 14.7 Å². The number of carbonyl (C=O) groups is 2. The summed E-state index contributed by atoms with van der Waals surface area (Å²) in [6.45, 7) is 1.57. The molecule has 0 saturated heterocycles. The molecule has 1 amide bonds. The van der Waals surface area contributed by atoms with E-state index in [1.165, 1.54) is 0 Å². The monoisotopic (exact) mass is 403 g/mol. The average Bonchev–Trinajstić information content (AvgIpc) is 3.07. The molecule has 2 heterocycles. The van der Waals surface area contributed by atoms with Gasteiger partial charge in [-0.15, -0.1) is 0 Å². The van der Waals surface area contributed by atoms with Gasteiger partial charge in [0.15, 0.2) is 5.78 Å². The summed E-state index contributed by atoms with van der Waals surface area (Å²) in [4.78, 5) is 32.8. The third-order valence-corrected chi connectivity index (χ3v) is 5.38. The van der Waals surface area contributed by atoms with Crippen LogP contribution in [0.2, 0.25) is 0 Å². The Hall–Kier alpha value is -3.25. The van der Waals surface area contributed by atoms with Crippen molar-refractivity contribution in [3.05, 3.63) is 77.2 Å². The number of nitrogens with zero attached hydrogens (tertiary/aromatic N) is 1. The first-order valence-electron chi connectivity index (χ1n) is 10.2. The minimum Gasteiger partial charge on any atom is -0.393 e. The maximum absolute atomic E-state index is 13.1. The van der Waals surface area contributed by atoms with Gasteiger partial charge in [0.1, 0.15) is 0 Å². The normalized spacial score (nSPS) is 16.7. The molecule has 1 unspecified atom stereocenters. The van der Waals surface area contributed by atoms with Crippen molar-refractivity contribution in [1.82, 2.24) is 15.3 Å². The molecule has 3 aromatic rings. The van der Waals surface area contributed by atoms with Gasteiger partial charge in [0.25, 0.3) is 0 Å². The van der Waals surface area contributed by atoms with Crippen LogP contribution in [-0.2, 0) is 17.6 Å². The van der Waals surface area contributed by atoms with Crippen LogP contribution in [-0.4, -0.2) is 38.9 Å². The molecule has 4 rings (SSSR count). The minimum atomic E-state index is -0.707. The van der Waals surface area contributed by atoms with E-state index in [0.717, 1.165) is 33.6 Å². The van der Waals surface area contributed by atoms with Crippen molar-refractivity contribution in [2.45, 2.75) is 44.8 Å². The molecule has 0 aliphatic heterocycles. The Morgan fingerprint density at radius 1 is 1.20 bits per heavy atom. The Labute approximate surface area is 175 Å². The first-order chi connectivity index (χ1) is 14.5. The highest BCUT2D eigenvalue weighted by atomic mass is 16.3. The SMILES string of the molecule is C[C@H](O)CC(=O)NC1CC(=O)c2c([nH]c(-c3ccncc3)c2Cc2ccccc2)C1. The summed E-state index contributed by atoms with van der Waals surface area (Å²) in [6.07, 6.45) is 4.26. The number of aromatic amines is 1. The number of pyridine rings is 1. The van der Waals surface area contributed by atoms with E-state index < -0.39 is 6.10 Å². The predicted octanol–water partition coefficient (Wildman–Crippen LogP) is 3.05. The number of benzene rings is 1. The lowest BCUT2D eigenvalue weighted by Crippen LogP contribution is -2.41. The molecule has 0 saturated carbocycles. The molecule has 6 heteroatoms. The second kappa shape index (κ2) is 8.63. The number of nitrogens with one attached hydrogen (secondary N) is 2. The van der Waals surface area contributed by atoms with Crippen LogP contribution in [0.5, 0.6) is 0 Å². The average molecular weight is 403 g/mol. The number of aromatic nitrogens is 2. The first-order valence-corrected chi connectivity index (χ1v) is 10.2. The molecule has 1 aromatic carbocycles. The van der Waals surface area contributed by atoms with Crippen LogP contribution < -0.4 is 5.32 Å². The van der Waals surface area contributed by atoms with Crippen molar-refractivity contribution >= 4 is 11.7 Å². The highest BCUT2D eigenvalue weighted by Gasteiger charge is 2.32. The number of rotatable bonds is 6. The Balaban J connectivity index is 1.69. The van der Waals surface area contributed by atoms with E-state index in [9.17, 15) is 14.7 Å². The third kappa shape index (κ3) is 4.33. The second-order valence-electron chi connectivity index (χ2n) is 7.88. The van der Waals surface area contributed by atoms with Crippen molar-refractivity contribution in [1.29, 1.82) is 0 Å². The van der Waals surface area contributed by atoms with Crippen molar-refractivity contribution in [3.8, 4) is 11.3 Å². The smallest absolute Gasteiger partial charge is 0.222 e. The highest BCUT2D eigenvalue weighted by molar-refractivity contribution is 6.02. The van der Waals surface area contributed by atoms with Crippen LogP contribution in [0, 0.1) is 0 Å². The minimum absolute atomic E-state index is 0.0288. The quantitative estimate of drug-likeness (QED) is 0.590. The number of fused-ring (bicyclic) bond motifs is 1. The Bertz CT molecular complexity index is 1040. The third-order valence-electron chi connectivity index (χ3n) is 5.38. The standard InChI is InChI=1S/C24H25N3O3/c1-15(28)11-22(30)26-18-13-20-23(21(29)14-18)19(12-16-5-3-2-4-6-16)24(27-20)17-7-9-25-10-8-17/h2-10,15,18,27-28H,11-14H2,1H3,(H,26,30)/t15-,18?/m0/s1. The molecule has 1 aliphatic rings. The molecule has 6 nitrogen and oxygen atoms in total. The molecule has 30 heavy (non-hydrogen) atoms. The van der Waals surface area contributed by atoms with E-state index in [1.54, 1.807) is 19.3 Å². The topological polar surface area (TPSA) is 95.1 Å². The number of carbonyl (C=O) groups excluding carboxylic acids is 2. The van der Waals surface area contributed by atoms with Crippen molar-refractivity contribution in [3.63, 3.8) is 0 Å². The van der Waals surface area contributed by atoms with Crippen LogP contribution >= 0.6 is 0 Å². The molecule has 0 radical (unpaired) electrons. The van der Waals surface area contributed by atoms with Crippen LogP contribution in [0.1, 0.15) is 46.9 Å². The van der Waals surface area contributed by atoms with E-state index in [2.05, 4.69) is 27.4 Å². The van der Waals surface area contributed by atoms with Gasteiger partial charge < -0.3 is 15.4 Å². The zero-order valence-electron chi connectivity index (χ0n) is 16.9. The lowest BCUT2D eigenvalue weighted by atomic mass is 9.87. The number of hydrogen-bond acceptors (Lipinski definition) is 4. The molecule has 1 aliphatic carbocycles. The van der Waals surface area contributed by atoms with E-state index in [0.29, 0.717) is 12.8 Å². The van der Waals surface area contributed by atoms with Gasteiger partial charge in [-0.1, -0.05) is 30.3 Å². The zero-order valence-corrected chi connectivity index (χ0v) is 16.9. The predicted molar refractivity (Wildman–Crippen MR) is 114 cm³/mol. The summed E-state index contributed by atoms with van der Waals surface area (Å²) in [6, 6.07) is 13.7. The lowest BCUT2D eigenvalue weighted by Gasteiger charge is -2.23. The van der Waals surface area contributed by atoms with E-state index in [1.807, 2.05) is 30.3 Å². The summed E-state index contributed by atoms with van der Waals surface area (Å²) in [7, 11) is 0. The number of H-pyrrole nitrogens is 1. The molecule has 2 aromatic heterocycles. The van der Waals surface area contributed by atoms with Gasteiger partial charge in [-0.2, -0.15) is 0 Å². The van der Waals surface area contributed by atoms with Crippen LogP contribution in [0.4, 0.5) is 0 Å². The fourth-order valence-electron chi connectivity index (χ4n) is 4.13. The number of aliphatic hydroxyl groups excluding tert-OH is 1. The Kier molecular flexibility index (Phi) is 5.77. The Morgan fingerprint density at radius 3 is 2.63 bits per heavy atom. The fraction of sp³-hybridized carbons (Fsp3) is 0.292. The Morgan fingerprint density at radius 2 is 1.93 bits per heavy atom. The van der Waals surface area contributed by atoms with Crippen LogP contribution in [0.3, 0.4) is 0 Å². The van der Waals surface area contributed by atoms with Crippen LogP contribution in [0.15, 0.2) is 54.9 Å². The lowest BCUT2D eigenvalue weighted by molar-refractivity contribution is -0.123. The van der Waals surface area contributed by atoms with E-state index in [4.69, 9.17) is 0 Å². The van der Waals surface area contributed by atoms with Crippen molar-refractivity contribution in [2.24, 2.45) is 0 Å². The summed E-state index contributed by atoms with van der Waals surface area (Å²) < 4.78 is 0. The van der Waals surface area contributed by atoms with Gasteiger partial charge in [-0.3, -0.25) is 14.6 Å². The number of hydrogen-bond donors (Lipinski definition) is 3. The van der Waals surface area contributed by atoms with Gasteiger partial charge >= 0.3 is 0 Å². The van der Waals surface area contributed by atoms with Gasteiger partial charge in [0.05, 0.1) is 18.2 Å². The molecule has 154 valence electrons. The first kappa shape index (κ1) is 20.0. The van der Waals surface area contributed by atoms with Gasteiger partial charge in [0.2, 0.25) is 5.91 Å². The number of aliphatic hydroxyl groups is 1. The molecular weight excluding hydrogens is 378 g/mol. The maximum Gasteiger partial charge on any atom is 0.222 e. The number of amides is 1. The van der Waals surface area contributed by atoms with E-state index >= 15 is 0 Å². The summed E-state index contributed by atoms with van der Waals surface area (Å²) >= 11 is 0. The summed E-state index contributed by atoms with van der Waals surface area (Å²) in [5, 5.41) is 12.3. The molecular formula is C24H25N3O3. The summed E-state index contributed by atoms with van der Waals surface area (Å²) in [5.74, 6) is -0.210. The maximum atomic E-state index is 13.1. The van der Waals surface area contributed by atoms with Gasteiger partial charge in [0, 0.05) is 54.5 Å². The fourth-order valence-corrected chi connectivity index (χ4v) is 4.13. The highest BCUT2D eigenvalue weighted by Crippen LogP contribution is 2.34. The zero-order chi connectivity index (χ0) is 21.1. The van der Waals surface area contributed by atoms with Crippen LogP contribution in [0.25, 0.3) is 11.3 Å². The molecule has 0 bridgehead atoms. The molecule has 3 N–H and O–H groups in total. The number of ketones is 1. The van der Waals surface area contributed by atoms with Crippen molar-refractivity contribution in [2.75, 3.05) is 0 Å². The summed E-state index contributed by atoms with van der Waals surface area (Å²) in [5.41, 5.74) is 5.62. The second-order valence-corrected chi connectivity index (χ2v) is 7.88. The van der Waals surface area contributed by atoms with Gasteiger partial charge in [-0.05, 0) is 30.2 Å². The number of Topliss-reactive ketones (excluding diaryl/α,β-unsaturated/α-hetero) is 1. The molecule has 0 spiro atoms. The largest absolute Gasteiger partial charge is 0.393 e. The van der Waals surface area contributed by atoms with Gasteiger partial charge in [-0.25, -0.2) is 0 Å². The van der Waals surface area contributed by atoms with E-state index in [-0.39, 0.29) is 30.6 Å². The molecule has 0 fully saturated rings. The molecule has 2 atom stereocenters.